The summed E-state index contributed by atoms with van der Waals surface area (Å²) in [7, 11) is 0. The van der Waals surface area contributed by atoms with Crippen LogP contribution in [0.4, 0.5) is 5.69 Å². The van der Waals surface area contributed by atoms with Gasteiger partial charge in [0.2, 0.25) is 5.91 Å². The number of benzene rings is 2. The fraction of sp³-hybridized carbons (Fsp3) is 0.259. The molecule has 0 spiro atoms. The first kappa shape index (κ1) is 22.4. The highest BCUT2D eigenvalue weighted by atomic mass is 16.2. The molecule has 0 bridgehead atoms. The average Bonchev–Trinajstić information content (AvgIpc) is 2.86. The van der Waals surface area contributed by atoms with Crippen LogP contribution in [-0.4, -0.2) is 27.2 Å². The molecule has 0 saturated carbocycles. The normalized spacial score (nSPS) is 11.0. The minimum Gasteiger partial charge on any atom is -0.311 e. The van der Waals surface area contributed by atoms with Crippen LogP contribution in [0.2, 0.25) is 0 Å². The predicted molar refractivity (Wildman–Crippen MR) is 132 cm³/mol. The lowest BCUT2D eigenvalue weighted by Crippen LogP contribution is -2.38. The molecule has 0 aliphatic rings. The lowest BCUT2D eigenvalue weighted by Gasteiger charge is -2.23. The fourth-order valence-corrected chi connectivity index (χ4v) is 3.99. The summed E-state index contributed by atoms with van der Waals surface area (Å²) in [5, 5.41) is 5.99. The second-order valence-corrected chi connectivity index (χ2v) is 8.06. The molecule has 33 heavy (non-hydrogen) atoms. The Morgan fingerprint density at radius 1 is 0.939 bits per heavy atom. The summed E-state index contributed by atoms with van der Waals surface area (Å²) < 4.78 is 1.31. The molecule has 168 valence electrons. The van der Waals surface area contributed by atoms with Crippen molar-refractivity contribution < 1.29 is 4.79 Å². The predicted octanol–water partition coefficient (Wildman–Crippen LogP) is 4.39. The molecule has 0 aliphatic heterocycles. The van der Waals surface area contributed by atoms with Crippen LogP contribution in [0.1, 0.15) is 37.1 Å². The summed E-state index contributed by atoms with van der Waals surface area (Å²) in [5.74, 6) is -0.154. The molecular weight excluding hydrogens is 412 g/mol. The number of fused-ring (bicyclic) bond motifs is 1. The van der Waals surface area contributed by atoms with Crippen molar-refractivity contribution in [2.45, 2.75) is 39.7 Å². The van der Waals surface area contributed by atoms with Crippen LogP contribution in [0.25, 0.3) is 10.8 Å². The first-order valence-electron chi connectivity index (χ1n) is 11.4. The summed E-state index contributed by atoms with van der Waals surface area (Å²) in [4.78, 5) is 32.4. The number of anilines is 1. The van der Waals surface area contributed by atoms with E-state index in [1.807, 2.05) is 61.5 Å². The lowest BCUT2D eigenvalue weighted by molar-refractivity contribution is -0.119. The quantitative estimate of drug-likeness (QED) is 0.408. The van der Waals surface area contributed by atoms with Gasteiger partial charge in [0.25, 0.3) is 5.56 Å². The van der Waals surface area contributed by atoms with Gasteiger partial charge in [0.15, 0.2) is 0 Å². The van der Waals surface area contributed by atoms with Gasteiger partial charge in [0.1, 0.15) is 6.54 Å². The van der Waals surface area contributed by atoms with Crippen molar-refractivity contribution in [1.82, 2.24) is 14.8 Å². The number of carbonyl (C=O) groups is 1. The van der Waals surface area contributed by atoms with E-state index in [4.69, 9.17) is 0 Å². The molecule has 0 aliphatic carbocycles. The van der Waals surface area contributed by atoms with Crippen molar-refractivity contribution in [3.8, 4) is 0 Å². The molecule has 6 heteroatoms. The molecule has 0 unspecified atom stereocenters. The minimum absolute atomic E-state index is 0.112. The Balaban J connectivity index is 1.69. The van der Waals surface area contributed by atoms with Crippen molar-refractivity contribution in [3.05, 3.63) is 100 Å². The third kappa shape index (κ3) is 5.00. The topological polar surface area (TPSA) is 68.1 Å². The van der Waals surface area contributed by atoms with Crippen LogP contribution in [0, 0.1) is 0 Å². The molecule has 0 N–H and O–H groups in total. The molecule has 0 fully saturated rings. The zero-order valence-corrected chi connectivity index (χ0v) is 19.1. The SMILES string of the molecule is CCCN(C(=O)Cn1nc(Cc2cccnc2)c2ccccc2c1=O)c1ccc(CC)cc1. The van der Waals surface area contributed by atoms with E-state index in [1.54, 1.807) is 23.4 Å². The van der Waals surface area contributed by atoms with E-state index < -0.39 is 0 Å². The van der Waals surface area contributed by atoms with E-state index in [0.717, 1.165) is 35.2 Å². The van der Waals surface area contributed by atoms with E-state index in [0.29, 0.717) is 18.4 Å². The number of hydrogen-bond donors (Lipinski definition) is 0. The monoisotopic (exact) mass is 440 g/mol. The Morgan fingerprint density at radius 3 is 2.36 bits per heavy atom. The van der Waals surface area contributed by atoms with Crippen molar-refractivity contribution >= 4 is 22.4 Å². The molecular formula is C27H28N4O2. The van der Waals surface area contributed by atoms with Gasteiger partial charge in [0, 0.05) is 36.4 Å². The van der Waals surface area contributed by atoms with E-state index in [2.05, 4.69) is 17.0 Å². The Bertz CT molecular complexity index is 1300. The van der Waals surface area contributed by atoms with Gasteiger partial charge in [-0.15, -0.1) is 0 Å². The van der Waals surface area contributed by atoms with Gasteiger partial charge in [-0.25, -0.2) is 4.68 Å². The zero-order chi connectivity index (χ0) is 23.2. The van der Waals surface area contributed by atoms with E-state index in [-0.39, 0.29) is 18.0 Å². The molecule has 0 saturated heterocycles. The number of amides is 1. The number of hydrogen-bond acceptors (Lipinski definition) is 4. The van der Waals surface area contributed by atoms with Gasteiger partial charge in [-0.1, -0.05) is 50.2 Å². The maximum atomic E-state index is 13.3. The standard InChI is InChI=1S/C27H28N4O2/c1-3-16-30(22-13-11-20(4-2)12-14-22)26(32)19-31-27(33)24-10-6-5-9-23(24)25(29-31)17-21-8-7-15-28-18-21/h5-15,18H,3-4,16-17,19H2,1-2H3. The van der Waals surface area contributed by atoms with Crippen molar-refractivity contribution in [1.29, 1.82) is 0 Å². The van der Waals surface area contributed by atoms with Crippen molar-refractivity contribution in [2.24, 2.45) is 0 Å². The number of nitrogens with zero attached hydrogens (tertiary/aromatic N) is 4. The number of pyridine rings is 1. The maximum Gasteiger partial charge on any atom is 0.275 e. The first-order chi connectivity index (χ1) is 16.1. The maximum absolute atomic E-state index is 13.3. The first-order valence-corrected chi connectivity index (χ1v) is 11.4. The van der Waals surface area contributed by atoms with Crippen LogP contribution < -0.4 is 10.5 Å². The molecule has 2 aromatic heterocycles. The fourth-order valence-electron chi connectivity index (χ4n) is 3.99. The highest BCUT2D eigenvalue weighted by Gasteiger charge is 2.19. The van der Waals surface area contributed by atoms with Gasteiger partial charge in [-0.2, -0.15) is 5.10 Å². The van der Waals surface area contributed by atoms with E-state index >= 15 is 0 Å². The largest absolute Gasteiger partial charge is 0.311 e. The third-order valence-electron chi connectivity index (χ3n) is 5.73. The van der Waals surface area contributed by atoms with Gasteiger partial charge >= 0.3 is 0 Å². The third-order valence-corrected chi connectivity index (χ3v) is 5.73. The van der Waals surface area contributed by atoms with Gasteiger partial charge in [0.05, 0.1) is 11.1 Å². The molecule has 2 aromatic carbocycles. The summed E-state index contributed by atoms with van der Waals surface area (Å²) >= 11 is 0. The number of aryl methyl sites for hydroxylation is 1. The molecule has 0 atom stereocenters. The Kier molecular flexibility index (Phi) is 6.93. The smallest absolute Gasteiger partial charge is 0.275 e. The second kappa shape index (κ2) is 10.2. The van der Waals surface area contributed by atoms with Crippen LogP contribution >= 0.6 is 0 Å². The van der Waals surface area contributed by atoms with E-state index in [9.17, 15) is 9.59 Å². The van der Waals surface area contributed by atoms with Crippen molar-refractivity contribution in [3.63, 3.8) is 0 Å². The van der Waals surface area contributed by atoms with Crippen LogP contribution in [-0.2, 0) is 24.2 Å². The number of aromatic nitrogens is 3. The van der Waals surface area contributed by atoms with Crippen LogP contribution in [0.15, 0.2) is 77.9 Å². The van der Waals surface area contributed by atoms with Gasteiger partial charge < -0.3 is 4.90 Å². The zero-order valence-electron chi connectivity index (χ0n) is 19.1. The molecule has 2 heterocycles. The summed E-state index contributed by atoms with van der Waals surface area (Å²) in [6, 6.07) is 19.3. The Hall–Kier alpha value is -3.80. The Labute approximate surface area is 193 Å². The molecule has 4 aromatic rings. The molecule has 0 radical (unpaired) electrons. The molecule has 4 rings (SSSR count). The highest BCUT2D eigenvalue weighted by molar-refractivity contribution is 5.93. The summed E-state index contributed by atoms with van der Waals surface area (Å²) in [6.45, 7) is 4.60. The highest BCUT2D eigenvalue weighted by Crippen LogP contribution is 2.19. The lowest BCUT2D eigenvalue weighted by atomic mass is 10.1. The van der Waals surface area contributed by atoms with Crippen molar-refractivity contribution in [2.75, 3.05) is 11.4 Å². The average molecular weight is 441 g/mol. The number of rotatable bonds is 8. The minimum atomic E-state index is -0.258. The molecule has 1 amide bonds. The Morgan fingerprint density at radius 2 is 1.70 bits per heavy atom. The van der Waals surface area contributed by atoms with E-state index in [1.165, 1.54) is 10.2 Å². The van der Waals surface area contributed by atoms with Gasteiger partial charge in [-0.3, -0.25) is 14.6 Å². The second-order valence-electron chi connectivity index (χ2n) is 8.06. The molecule has 6 nitrogen and oxygen atoms in total. The van der Waals surface area contributed by atoms with Crippen LogP contribution in [0.3, 0.4) is 0 Å². The van der Waals surface area contributed by atoms with Crippen LogP contribution in [0.5, 0.6) is 0 Å². The summed E-state index contributed by atoms with van der Waals surface area (Å²) in [6.07, 6.45) is 5.80. The summed E-state index contributed by atoms with van der Waals surface area (Å²) in [5.41, 5.74) is 3.54. The van der Waals surface area contributed by atoms with Gasteiger partial charge in [-0.05, 0) is 48.2 Å². The number of carbonyl (C=O) groups excluding carboxylic acids is 1.